The van der Waals surface area contributed by atoms with Crippen LogP contribution in [0.3, 0.4) is 0 Å². The number of fused-ring (bicyclic) bond motifs is 2. The number of hydrogen-bond donors (Lipinski definition) is 1. The largest absolute Gasteiger partial charge is 0.331 e. The van der Waals surface area contributed by atoms with Gasteiger partial charge >= 0.3 is 0 Å². The van der Waals surface area contributed by atoms with Crippen molar-refractivity contribution in [1.29, 1.82) is 0 Å². The molecule has 1 atom stereocenters. The number of amides is 1. The van der Waals surface area contributed by atoms with Crippen LogP contribution in [0.25, 0.3) is 0 Å². The maximum Gasteiger partial charge on any atom is 0.254 e. The lowest BCUT2D eigenvalue weighted by atomic mass is 9.96. The van der Waals surface area contributed by atoms with Crippen LogP contribution in [0.1, 0.15) is 51.3 Å². The van der Waals surface area contributed by atoms with E-state index in [-0.39, 0.29) is 24.4 Å². The minimum atomic E-state index is 0. The molecule has 2 aliphatic rings. The fourth-order valence-corrected chi connectivity index (χ4v) is 4.60. The molecule has 0 saturated heterocycles. The highest BCUT2D eigenvalue weighted by atomic mass is 35.5. The molecule has 0 fully saturated rings. The summed E-state index contributed by atoms with van der Waals surface area (Å²) < 4.78 is 0. The van der Waals surface area contributed by atoms with Crippen molar-refractivity contribution >= 4 is 29.7 Å². The Morgan fingerprint density at radius 3 is 2.96 bits per heavy atom. The molecule has 1 aromatic heterocycles. The van der Waals surface area contributed by atoms with E-state index in [1.54, 1.807) is 0 Å². The van der Waals surface area contributed by atoms with E-state index < -0.39 is 0 Å². The molecule has 0 spiro atoms. The van der Waals surface area contributed by atoms with Crippen molar-refractivity contribution in [3.63, 3.8) is 0 Å². The highest BCUT2D eigenvalue weighted by Crippen LogP contribution is 2.36. The first-order valence-electron chi connectivity index (χ1n) is 7.97. The molecule has 1 N–H and O–H groups in total. The second-order valence-electron chi connectivity index (χ2n) is 6.06. The van der Waals surface area contributed by atoms with Crippen LogP contribution in [0.4, 0.5) is 0 Å². The van der Waals surface area contributed by atoms with Gasteiger partial charge in [-0.25, -0.2) is 0 Å². The topological polar surface area (TPSA) is 32.3 Å². The molecule has 1 aromatic carbocycles. The average molecular weight is 349 g/mol. The van der Waals surface area contributed by atoms with Gasteiger partial charge in [0.25, 0.3) is 5.91 Å². The predicted octanol–water partition coefficient (Wildman–Crippen LogP) is 3.92. The van der Waals surface area contributed by atoms with Crippen LogP contribution in [-0.4, -0.2) is 17.4 Å². The smallest absolute Gasteiger partial charge is 0.254 e. The summed E-state index contributed by atoms with van der Waals surface area (Å²) in [5.41, 5.74) is 4.78. The number of thiophene rings is 1. The number of halogens is 1. The minimum Gasteiger partial charge on any atom is -0.331 e. The van der Waals surface area contributed by atoms with Crippen molar-refractivity contribution < 1.29 is 4.79 Å². The zero-order valence-electron chi connectivity index (χ0n) is 13.2. The molecule has 5 heteroatoms. The van der Waals surface area contributed by atoms with E-state index in [0.717, 1.165) is 38.0 Å². The average Bonchev–Trinajstić information content (AvgIpc) is 3.20. The monoisotopic (exact) mass is 348 g/mol. The molecular weight excluding hydrogens is 328 g/mol. The molecule has 2 aromatic rings. The zero-order valence-corrected chi connectivity index (χ0v) is 14.8. The van der Waals surface area contributed by atoms with E-state index >= 15 is 0 Å². The molecule has 1 amide bonds. The van der Waals surface area contributed by atoms with Crippen molar-refractivity contribution in [1.82, 2.24) is 10.2 Å². The van der Waals surface area contributed by atoms with E-state index in [1.165, 1.54) is 21.6 Å². The lowest BCUT2D eigenvalue weighted by molar-refractivity contribution is 0.0657. The normalized spacial score (nSPS) is 19.0. The summed E-state index contributed by atoms with van der Waals surface area (Å²) in [6, 6.07) is 8.59. The summed E-state index contributed by atoms with van der Waals surface area (Å²) in [7, 11) is 0. The van der Waals surface area contributed by atoms with Gasteiger partial charge in [-0.1, -0.05) is 13.0 Å². The highest BCUT2D eigenvalue weighted by Gasteiger charge is 2.31. The van der Waals surface area contributed by atoms with Gasteiger partial charge in [0.1, 0.15) is 0 Å². The second kappa shape index (κ2) is 6.63. The maximum absolute atomic E-state index is 13.0. The van der Waals surface area contributed by atoms with Gasteiger partial charge in [-0.05, 0) is 53.1 Å². The van der Waals surface area contributed by atoms with Crippen LogP contribution >= 0.6 is 23.7 Å². The van der Waals surface area contributed by atoms with Crippen molar-refractivity contribution in [2.75, 3.05) is 6.54 Å². The SMILES string of the molecule is CCC1c2ccsc2CCN1C(=O)c1ccc2c(c1)CNC2.Cl. The zero-order chi connectivity index (χ0) is 15.1. The van der Waals surface area contributed by atoms with Crippen LogP contribution in [-0.2, 0) is 19.5 Å². The summed E-state index contributed by atoms with van der Waals surface area (Å²) in [5.74, 6) is 0.179. The van der Waals surface area contributed by atoms with Gasteiger partial charge < -0.3 is 10.2 Å². The van der Waals surface area contributed by atoms with Gasteiger partial charge in [0, 0.05) is 30.1 Å². The number of nitrogens with one attached hydrogen (secondary N) is 1. The summed E-state index contributed by atoms with van der Waals surface area (Å²) >= 11 is 1.82. The van der Waals surface area contributed by atoms with Crippen molar-refractivity contribution in [2.45, 2.75) is 38.9 Å². The number of nitrogens with zero attached hydrogens (tertiary/aromatic N) is 1. The molecule has 4 rings (SSSR count). The Labute approximate surface area is 147 Å². The van der Waals surface area contributed by atoms with Gasteiger partial charge in [-0.15, -0.1) is 23.7 Å². The predicted molar refractivity (Wildman–Crippen MR) is 96.3 cm³/mol. The van der Waals surface area contributed by atoms with Crippen molar-refractivity contribution in [3.8, 4) is 0 Å². The van der Waals surface area contributed by atoms with E-state index in [2.05, 4.69) is 40.7 Å². The van der Waals surface area contributed by atoms with Crippen LogP contribution in [0.15, 0.2) is 29.6 Å². The minimum absolute atomic E-state index is 0. The molecule has 1 unspecified atom stereocenters. The molecule has 0 radical (unpaired) electrons. The van der Waals surface area contributed by atoms with Gasteiger partial charge in [-0.2, -0.15) is 0 Å². The fraction of sp³-hybridized carbons (Fsp3) is 0.389. The molecule has 0 aliphatic carbocycles. The first-order chi connectivity index (χ1) is 10.8. The first-order valence-corrected chi connectivity index (χ1v) is 8.85. The van der Waals surface area contributed by atoms with E-state index in [1.807, 2.05) is 17.4 Å². The lowest BCUT2D eigenvalue weighted by Crippen LogP contribution is -2.39. The van der Waals surface area contributed by atoms with Crippen molar-refractivity contribution in [3.05, 3.63) is 56.8 Å². The Bertz CT molecular complexity index is 728. The quantitative estimate of drug-likeness (QED) is 0.892. The van der Waals surface area contributed by atoms with Crippen LogP contribution < -0.4 is 5.32 Å². The van der Waals surface area contributed by atoms with Gasteiger partial charge in [-0.3, -0.25) is 4.79 Å². The Kier molecular flexibility index (Phi) is 4.76. The fourth-order valence-electron chi connectivity index (χ4n) is 3.67. The summed E-state index contributed by atoms with van der Waals surface area (Å²) in [6.45, 7) is 4.80. The standard InChI is InChI=1S/C18H20N2OS.ClH/c1-2-16-15-6-8-22-17(15)5-7-20(16)18(21)12-3-4-13-10-19-11-14(13)9-12;/h3-4,6,8-9,16,19H,2,5,7,10-11H2,1H3;1H. The highest BCUT2D eigenvalue weighted by molar-refractivity contribution is 7.10. The van der Waals surface area contributed by atoms with Gasteiger partial charge in [0.15, 0.2) is 0 Å². The first kappa shape index (κ1) is 16.5. The third kappa shape index (κ3) is 2.80. The van der Waals surface area contributed by atoms with E-state index in [4.69, 9.17) is 0 Å². The maximum atomic E-state index is 13.0. The van der Waals surface area contributed by atoms with Crippen LogP contribution in [0.2, 0.25) is 0 Å². The molecule has 23 heavy (non-hydrogen) atoms. The molecular formula is C18H21ClN2OS. The third-order valence-corrected chi connectivity index (χ3v) is 5.82. The Morgan fingerprint density at radius 1 is 1.30 bits per heavy atom. The van der Waals surface area contributed by atoms with E-state index in [0.29, 0.717) is 0 Å². The van der Waals surface area contributed by atoms with E-state index in [9.17, 15) is 4.79 Å². The Balaban J connectivity index is 0.00000156. The number of carbonyl (C=O) groups excluding carboxylic acids is 1. The molecule has 3 nitrogen and oxygen atoms in total. The van der Waals surface area contributed by atoms with Crippen LogP contribution in [0, 0.1) is 0 Å². The number of rotatable bonds is 2. The second-order valence-corrected chi connectivity index (χ2v) is 7.06. The number of benzene rings is 1. The van der Waals surface area contributed by atoms with Crippen molar-refractivity contribution in [2.24, 2.45) is 0 Å². The third-order valence-electron chi connectivity index (χ3n) is 4.83. The lowest BCUT2D eigenvalue weighted by Gasteiger charge is -2.35. The van der Waals surface area contributed by atoms with Gasteiger partial charge in [0.2, 0.25) is 0 Å². The molecule has 122 valence electrons. The summed E-state index contributed by atoms with van der Waals surface area (Å²) in [4.78, 5) is 16.5. The Hall–Kier alpha value is -1.36. The molecule has 2 aliphatic heterocycles. The summed E-state index contributed by atoms with van der Waals surface area (Å²) in [6.07, 6.45) is 1.96. The molecule has 0 saturated carbocycles. The van der Waals surface area contributed by atoms with Gasteiger partial charge in [0.05, 0.1) is 6.04 Å². The number of carbonyl (C=O) groups is 1. The van der Waals surface area contributed by atoms with Crippen LogP contribution in [0.5, 0.6) is 0 Å². The summed E-state index contributed by atoms with van der Waals surface area (Å²) in [5, 5.41) is 5.49. The Morgan fingerprint density at radius 2 is 2.13 bits per heavy atom. The number of hydrogen-bond acceptors (Lipinski definition) is 3. The molecule has 0 bridgehead atoms. The molecule has 3 heterocycles.